The molecule has 0 aromatic heterocycles. The fourth-order valence-electron chi connectivity index (χ4n) is 2.92. The maximum Gasteiger partial charge on any atom is 0.0879 e. The maximum atomic E-state index is 9.14. The predicted molar refractivity (Wildman–Crippen MR) is 82.9 cm³/mol. The van der Waals surface area contributed by atoms with Crippen molar-refractivity contribution in [1.82, 2.24) is 0 Å². The number of halogens is 1. The van der Waals surface area contributed by atoms with Crippen LogP contribution in [0.5, 0.6) is 0 Å². The molecule has 0 unspecified atom stereocenters. The fraction of sp³-hybridized carbons (Fsp3) is 0.235. The number of hydrogen-bond donors (Lipinski definition) is 1. The van der Waals surface area contributed by atoms with Crippen molar-refractivity contribution < 1.29 is 5.21 Å². The molecule has 0 bridgehead atoms. The third kappa shape index (κ3) is 2.01. The second-order valence-electron chi connectivity index (χ2n) is 5.85. The first kappa shape index (κ1) is 13.2. The van der Waals surface area contributed by atoms with Crippen molar-refractivity contribution in [3.8, 4) is 11.1 Å². The highest BCUT2D eigenvalue weighted by Crippen LogP contribution is 2.41. The van der Waals surface area contributed by atoms with E-state index < -0.39 is 0 Å². The summed E-state index contributed by atoms with van der Waals surface area (Å²) in [4.78, 5) is 0. The molecule has 0 atom stereocenters. The van der Waals surface area contributed by atoms with Crippen molar-refractivity contribution in [2.45, 2.75) is 25.7 Å². The molecule has 0 fully saturated rings. The number of hydrogen-bond acceptors (Lipinski definition) is 2. The van der Waals surface area contributed by atoms with Crippen LogP contribution in [0.1, 0.15) is 31.4 Å². The second-order valence-corrected chi connectivity index (χ2v) is 6.25. The molecular weight excluding hydrogens is 270 g/mol. The van der Waals surface area contributed by atoms with Crippen LogP contribution in [0.25, 0.3) is 11.1 Å². The summed E-state index contributed by atoms with van der Waals surface area (Å²) in [6.45, 7) is 4.33. The average molecular weight is 286 g/mol. The summed E-state index contributed by atoms with van der Waals surface area (Å²) in [5, 5.41) is 13.3. The van der Waals surface area contributed by atoms with Gasteiger partial charge in [0.2, 0.25) is 0 Å². The third-order valence-electron chi connectivity index (χ3n) is 3.97. The summed E-state index contributed by atoms with van der Waals surface area (Å²) < 4.78 is 0. The minimum Gasteiger partial charge on any atom is -0.411 e. The van der Waals surface area contributed by atoms with Crippen molar-refractivity contribution in [2.24, 2.45) is 5.16 Å². The van der Waals surface area contributed by atoms with Crippen LogP contribution < -0.4 is 0 Å². The van der Waals surface area contributed by atoms with Gasteiger partial charge in [0.05, 0.1) is 5.71 Å². The zero-order valence-corrected chi connectivity index (χ0v) is 12.3. The van der Waals surface area contributed by atoms with Gasteiger partial charge in [0, 0.05) is 22.6 Å². The highest BCUT2D eigenvalue weighted by molar-refractivity contribution is 6.33. The van der Waals surface area contributed by atoms with Gasteiger partial charge < -0.3 is 5.21 Å². The Labute approximate surface area is 123 Å². The first-order chi connectivity index (χ1) is 9.53. The van der Waals surface area contributed by atoms with E-state index in [2.05, 4.69) is 25.1 Å². The molecule has 0 amide bonds. The molecule has 2 aromatic rings. The largest absolute Gasteiger partial charge is 0.411 e. The van der Waals surface area contributed by atoms with Gasteiger partial charge in [-0.1, -0.05) is 60.9 Å². The second kappa shape index (κ2) is 4.64. The fourth-order valence-corrected chi connectivity index (χ4v) is 3.16. The normalized spacial score (nSPS) is 18.2. The van der Waals surface area contributed by atoms with Crippen molar-refractivity contribution in [2.75, 3.05) is 0 Å². The number of benzene rings is 2. The van der Waals surface area contributed by atoms with E-state index in [1.165, 1.54) is 5.56 Å². The molecule has 0 heterocycles. The molecule has 0 radical (unpaired) electrons. The van der Waals surface area contributed by atoms with Crippen LogP contribution >= 0.6 is 11.6 Å². The first-order valence-corrected chi connectivity index (χ1v) is 7.01. The monoisotopic (exact) mass is 285 g/mol. The molecule has 3 heteroatoms. The lowest BCUT2D eigenvalue weighted by Gasteiger charge is -2.19. The maximum absolute atomic E-state index is 9.14. The number of rotatable bonds is 1. The number of fused-ring (bicyclic) bond motifs is 1. The van der Waals surface area contributed by atoms with Gasteiger partial charge in [0.15, 0.2) is 0 Å². The molecule has 0 spiro atoms. The predicted octanol–water partition coefficient (Wildman–Crippen LogP) is 4.87. The minimum absolute atomic E-state index is 0.0197. The molecular formula is C17H16ClNO. The van der Waals surface area contributed by atoms with Crippen LogP contribution in [0.3, 0.4) is 0 Å². The van der Waals surface area contributed by atoms with E-state index >= 15 is 0 Å². The van der Waals surface area contributed by atoms with Crippen LogP contribution in [0, 0.1) is 0 Å². The van der Waals surface area contributed by atoms with Crippen LogP contribution in [0.4, 0.5) is 0 Å². The Morgan fingerprint density at radius 3 is 2.55 bits per heavy atom. The van der Waals surface area contributed by atoms with E-state index in [9.17, 15) is 0 Å². The summed E-state index contributed by atoms with van der Waals surface area (Å²) in [5.74, 6) is 0. The van der Waals surface area contributed by atoms with Crippen molar-refractivity contribution >= 4 is 17.3 Å². The van der Waals surface area contributed by atoms with Crippen molar-refractivity contribution in [3.63, 3.8) is 0 Å². The standard InChI is InChI=1S/C17H16ClNO/c1-17(2)10-16(19-20)13-8-7-11(9-14(13)17)12-5-3-4-6-15(12)18/h3-9,20H,10H2,1-2H3. The highest BCUT2D eigenvalue weighted by Gasteiger charge is 2.34. The van der Waals surface area contributed by atoms with Crippen LogP contribution in [-0.4, -0.2) is 10.9 Å². The Hall–Kier alpha value is -1.80. The van der Waals surface area contributed by atoms with Crippen molar-refractivity contribution in [3.05, 3.63) is 58.6 Å². The summed E-state index contributed by atoms with van der Waals surface area (Å²) >= 11 is 6.27. The molecule has 1 aliphatic carbocycles. The Kier molecular flexibility index (Phi) is 3.06. The van der Waals surface area contributed by atoms with E-state index in [0.29, 0.717) is 0 Å². The van der Waals surface area contributed by atoms with Gasteiger partial charge in [0.1, 0.15) is 0 Å². The highest BCUT2D eigenvalue weighted by atomic mass is 35.5. The molecule has 2 aromatic carbocycles. The van der Waals surface area contributed by atoms with E-state index in [-0.39, 0.29) is 5.41 Å². The minimum atomic E-state index is -0.0197. The van der Waals surface area contributed by atoms with Gasteiger partial charge in [-0.3, -0.25) is 0 Å². The Bertz CT molecular complexity index is 704. The smallest absolute Gasteiger partial charge is 0.0879 e. The molecule has 1 N–H and O–H groups in total. The molecule has 20 heavy (non-hydrogen) atoms. The lowest BCUT2D eigenvalue weighted by atomic mass is 9.85. The van der Waals surface area contributed by atoms with Crippen molar-refractivity contribution in [1.29, 1.82) is 0 Å². The summed E-state index contributed by atoms with van der Waals surface area (Å²) in [7, 11) is 0. The quantitative estimate of drug-likeness (QED) is 0.588. The molecule has 0 saturated carbocycles. The summed E-state index contributed by atoms with van der Waals surface area (Å²) in [6.07, 6.45) is 0.755. The molecule has 0 aliphatic heterocycles. The van der Waals surface area contributed by atoms with E-state index in [4.69, 9.17) is 16.8 Å². The van der Waals surface area contributed by atoms with Gasteiger partial charge in [-0.2, -0.15) is 0 Å². The van der Waals surface area contributed by atoms with Crippen LogP contribution in [0.2, 0.25) is 5.02 Å². The third-order valence-corrected chi connectivity index (χ3v) is 4.30. The van der Waals surface area contributed by atoms with Gasteiger partial charge in [-0.05, 0) is 28.7 Å². The van der Waals surface area contributed by atoms with Gasteiger partial charge >= 0.3 is 0 Å². The lowest BCUT2D eigenvalue weighted by Crippen LogP contribution is -2.12. The average Bonchev–Trinajstić information content (AvgIpc) is 2.70. The Morgan fingerprint density at radius 2 is 1.85 bits per heavy atom. The van der Waals surface area contributed by atoms with E-state index in [0.717, 1.165) is 33.8 Å². The molecule has 2 nitrogen and oxygen atoms in total. The van der Waals surface area contributed by atoms with Gasteiger partial charge in [-0.15, -0.1) is 0 Å². The zero-order chi connectivity index (χ0) is 14.3. The summed E-state index contributed by atoms with van der Waals surface area (Å²) in [6, 6.07) is 14.1. The molecule has 0 saturated heterocycles. The SMILES string of the molecule is CC1(C)CC(=NO)c2ccc(-c3ccccc3Cl)cc21. The van der Waals surface area contributed by atoms with E-state index in [1.807, 2.05) is 36.4 Å². The number of oxime groups is 1. The van der Waals surface area contributed by atoms with E-state index in [1.54, 1.807) is 0 Å². The Morgan fingerprint density at radius 1 is 1.10 bits per heavy atom. The Balaban J connectivity index is 2.18. The zero-order valence-electron chi connectivity index (χ0n) is 11.5. The van der Waals surface area contributed by atoms with Crippen LogP contribution in [0.15, 0.2) is 47.6 Å². The lowest BCUT2D eigenvalue weighted by molar-refractivity contribution is 0.317. The molecule has 102 valence electrons. The van der Waals surface area contributed by atoms with Gasteiger partial charge in [-0.25, -0.2) is 0 Å². The number of nitrogens with zero attached hydrogens (tertiary/aromatic N) is 1. The molecule has 1 aliphatic rings. The van der Waals surface area contributed by atoms with Gasteiger partial charge in [0.25, 0.3) is 0 Å². The summed E-state index contributed by atoms with van der Waals surface area (Å²) in [5.41, 5.74) is 5.12. The first-order valence-electron chi connectivity index (χ1n) is 6.64. The topological polar surface area (TPSA) is 32.6 Å². The van der Waals surface area contributed by atoms with Crippen LogP contribution in [-0.2, 0) is 5.41 Å². The molecule has 3 rings (SSSR count).